The number of hydrogen-bond donors (Lipinski definition) is 0. The van der Waals surface area contributed by atoms with E-state index in [9.17, 15) is 18.0 Å². The van der Waals surface area contributed by atoms with E-state index in [1.165, 1.54) is 29.1 Å². The summed E-state index contributed by atoms with van der Waals surface area (Å²) in [4.78, 5) is 20.8. The Morgan fingerprint density at radius 1 is 1.00 bits per heavy atom. The standard InChI is InChI=1S/C18H10F3N3O2/c19-18(20,21)13-5-3-12(4-6-13)15-17(26-10-23-15)24-9-7-11-2-1-8-22-14(11)16(24)25/h1-10H. The van der Waals surface area contributed by atoms with Crippen molar-refractivity contribution in [1.29, 1.82) is 0 Å². The summed E-state index contributed by atoms with van der Waals surface area (Å²) >= 11 is 0. The number of fused-ring (bicyclic) bond motifs is 1. The molecule has 0 radical (unpaired) electrons. The molecule has 0 saturated heterocycles. The smallest absolute Gasteiger partial charge is 0.416 e. The van der Waals surface area contributed by atoms with Crippen LogP contribution in [0.5, 0.6) is 0 Å². The molecule has 0 bridgehead atoms. The first-order valence-electron chi connectivity index (χ1n) is 7.53. The first-order chi connectivity index (χ1) is 12.4. The number of oxazole rings is 1. The molecule has 1 aromatic carbocycles. The second kappa shape index (κ2) is 5.83. The molecule has 0 saturated carbocycles. The topological polar surface area (TPSA) is 60.9 Å². The molecule has 0 aliphatic heterocycles. The number of benzene rings is 1. The Kier molecular flexibility index (Phi) is 3.61. The van der Waals surface area contributed by atoms with Gasteiger partial charge in [0.25, 0.3) is 5.56 Å². The first-order valence-corrected chi connectivity index (χ1v) is 7.53. The van der Waals surface area contributed by atoms with Gasteiger partial charge in [0.2, 0.25) is 5.88 Å². The van der Waals surface area contributed by atoms with Crippen molar-refractivity contribution in [1.82, 2.24) is 14.5 Å². The third kappa shape index (κ3) is 2.65. The van der Waals surface area contributed by atoms with Gasteiger partial charge in [-0.25, -0.2) is 4.98 Å². The van der Waals surface area contributed by atoms with Gasteiger partial charge in [-0.15, -0.1) is 0 Å². The molecule has 0 unspecified atom stereocenters. The van der Waals surface area contributed by atoms with Crippen LogP contribution in [-0.2, 0) is 6.18 Å². The molecule has 8 heteroatoms. The van der Waals surface area contributed by atoms with Gasteiger partial charge in [-0.1, -0.05) is 18.2 Å². The largest absolute Gasteiger partial charge is 0.426 e. The molecule has 4 rings (SSSR count). The van der Waals surface area contributed by atoms with Crippen LogP contribution in [0.25, 0.3) is 28.0 Å². The highest BCUT2D eigenvalue weighted by molar-refractivity contribution is 5.77. The van der Waals surface area contributed by atoms with Crippen molar-refractivity contribution in [2.24, 2.45) is 0 Å². The molecule has 3 aromatic heterocycles. The van der Waals surface area contributed by atoms with Gasteiger partial charge in [-0.2, -0.15) is 13.2 Å². The number of halogens is 3. The Bertz CT molecular complexity index is 1140. The van der Waals surface area contributed by atoms with Crippen molar-refractivity contribution in [2.75, 3.05) is 0 Å². The van der Waals surface area contributed by atoms with Gasteiger partial charge in [0.1, 0.15) is 11.2 Å². The van der Waals surface area contributed by atoms with E-state index in [1.807, 2.05) is 0 Å². The minimum atomic E-state index is -4.42. The molecule has 0 fully saturated rings. The minimum Gasteiger partial charge on any atom is -0.426 e. The van der Waals surface area contributed by atoms with E-state index in [2.05, 4.69) is 9.97 Å². The summed E-state index contributed by atoms with van der Waals surface area (Å²) < 4.78 is 44.7. The second-order valence-electron chi connectivity index (χ2n) is 5.51. The molecule has 5 nitrogen and oxygen atoms in total. The fourth-order valence-corrected chi connectivity index (χ4v) is 2.65. The molecule has 0 aliphatic rings. The zero-order valence-electron chi connectivity index (χ0n) is 13.1. The molecule has 0 atom stereocenters. The summed E-state index contributed by atoms with van der Waals surface area (Å²) in [5.41, 5.74) is -0.262. The highest BCUT2D eigenvalue weighted by atomic mass is 19.4. The van der Waals surface area contributed by atoms with Crippen LogP contribution in [0.1, 0.15) is 5.56 Å². The molecule has 0 spiro atoms. The Morgan fingerprint density at radius 3 is 2.50 bits per heavy atom. The van der Waals surface area contributed by atoms with Crippen LogP contribution in [0, 0.1) is 0 Å². The Labute approximate surface area is 144 Å². The minimum absolute atomic E-state index is 0.113. The number of alkyl halides is 3. The lowest BCUT2D eigenvalue weighted by molar-refractivity contribution is -0.137. The molecule has 26 heavy (non-hydrogen) atoms. The fourth-order valence-electron chi connectivity index (χ4n) is 2.65. The zero-order chi connectivity index (χ0) is 18.3. The predicted molar refractivity (Wildman–Crippen MR) is 87.8 cm³/mol. The molecular formula is C18H10F3N3O2. The maximum Gasteiger partial charge on any atom is 0.416 e. The Hall–Kier alpha value is -3.42. The van der Waals surface area contributed by atoms with Gasteiger partial charge < -0.3 is 4.42 Å². The third-order valence-electron chi connectivity index (χ3n) is 3.92. The maximum atomic E-state index is 12.7. The average molecular weight is 357 g/mol. The second-order valence-corrected chi connectivity index (χ2v) is 5.51. The van der Waals surface area contributed by atoms with E-state index in [0.29, 0.717) is 10.9 Å². The molecule has 0 aliphatic carbocycles. The van der Waals surface area contributed by atoms with E-state index >= 15 is 0 Å². The molecule has 3 heterocycles. The number of aromatic nitrogens is 3. The summed E-state index contributed by atoms with van der Waals surface area (Å²) in [6.07, 6.45) is -0.269. The SMILES string of the molecule is O=c1c2ncccc2ccn1-c1ocnc1-c1ccc(C(F)(F)F)cc1. The van der Waals surface area contributed by atoms with Crippen molar-refractivity contribution < 1.29 is 17.6 Å². The third-order valence-corrected chi connectivity index (χ3v) is 3.92. The number of pyridine rings is 2. The van der Waals surface area contributed by atoms with Gasteiger partial charge in [0.05, 0.1) is 5.56 Å². The molecule has 130 valence electrons. The molecule has 4 aromatic rings. The zero-order valence-corrected chi connectivity index (χ0v) is 13.1. The van der Waals surface area contributed by atoms with Crippen molar-refractivity contribution in [3.63, 3.8) is 0 Å². The van der Waals surface area contributed by atoms with Crippen molar-refractivity contribution >= 4 is 10.9 Å². The predicted octanol–water partition coefficient (Wildman–Crippen LogP) is 4.06. The van der Waals surface area contributed by atoms with Crippen LogP contribution >= 0.6 is 0 Å². The van der Waals surface area contributed by atoms with Crippen LogP contribution < -0.4 is 5.56 Å². The first kappa shape index (κ1) is 16.1. The fraction of sp³-hybridized carbons (Fsp3) is 0.0556. The summed E-state index contributed by atoms with van der Waals surface area (Å²) in [7, 11) is 0. The lowest BCUT2D eigenvalue weighted by Gasteiger charge is -2.08. The van der Waals surface area contributed by atoms with E-state index in [1.54, 1.807) is 18.2 Å². The monoisotopic (exact) mass is 357 g/mol. The number of nitrogens with zero attached hydrogens (tertiary/aromatic N) is 3. The quantitative estimate of drug-likeness (QED) is 0.543. The lowest BCUT2D eigenvalue weighted by atomic mass is 10.1. The normalized spacial score (nSPS) is 11.8. The summed E-state index contributed by atoms with van der Waals surface area (Å²) in [5, 5.41) is 0.671. The van der Waals surface area contributed by atoms with Crippen LogP contribution in [0.15, 0.2) is 70.5 Å². The van der Waals surface area contributed by atoms with Crippen LogP contribution in [0.4, 0.5) is 13.2 Å². The van der Waals surface area contributed by atoms with E-state index in [-0.39, 0.29) is 17.1 Å². The highest BCUT2D eigenvalue weighted by Crippen LogP contribution is 2.32. The van der Waals surface area contributed by atoms with Crippen LogP contribution in [0.2, 0.25) is 0 Å². The van der Waals surface area contributed by atoms with E-state index in [0.717, 1.165) is 18.5 Å². The summed E-state index contributed by atoms with van der Waals surface area (Å²) in [6, 6.07) is 9.66. The van der Waals surface area contributed by atoms with Crippen molar-refractivity contribution in [2.45, 2.75) is 6.18 Å². The maximum absolute atomic E-state index is 12.7. The summed E-state index contributed by atoms with van der Waals surface area (Å²) in [6.45, 7) is 0. The summed E-state index contributed by atoms with van der Waals surface area (Å²) in [5.74, 6) is 0.113. The Balaban J connectivity index is 1.83. The van der Waals surface area contributed by atoms with Crippen LogP contribution in [0.3, 0.4) is 0 Å². The highest BCUT2D eigenvalue weighted by Gasteiger charge is 2.30. The molecule has 0 amide bonds. The Morgan fingerprint density at radius 2 is 1.77 bits per heavy atom. The van der Waals surface area contributed by atoms with Gasteiger partial charge >= 0.3 is 6.18 Å². The number of hydrogen-bond acceptors (Lipinski definition) is 4. The molecular weight excluding hydrogens is 347 g/mol. The average Bonchev–Trinajstić information content (AvgIpc) is 3.11. The van der Waals surface area contributed by atoms with Gasteiger partial charge in [0, 0.05) is 23.3 Å². The van der Waals surface area contributed by atoms with Crippen molar-refractivity contribution in [3.8, 4) is 17.1 Å². The number of rotatable bonds is 2. The van der Waals surface area contributed by atoms with Crippen molar-refractivity contribution in [3.05, 3.63) is 77.2 Å². The van der Waals surface area contributed by atoms with Crippen LogP contribution in [-0.4, -0.2) is 14.5 Å². The van der Waals surface area contributed by atoms with Gasteiger partial charge in [0.15, 0.2) is 6.39 Å². The molecule has 0 N–H and O–H groups in total. The van der Waals surface area contributed by atoms with E-state index in [4.69, 9.17) is 4.42 Å². The lowest BCUT2D eigenvalue weighted by Crippen LogP contribution is -2.18. The van der Waals surface area contributed by atoms with Gasteiger partial charge in [-0.3, -0.25) is 14.3 Å². The van der Waals surface area contributed by atoms with Gasteiger partial charge in [-0.05, 0) is 24.3 Å². The van der Waals surface area contributed by atoms with E-state index < -0.39 is 17.3 Å².